The summed E-state index contributed by atoms with van der Waals surface area (Å²) in [4.78, 5) is 12.4. The molecule has 0 atom stereocenters. The summed E-state index contributed by atoms with van der Waals surface area (Å²) in [6.45, 7) is 2.78. The average Bonchev–Trinajstić information content (AvgIpc) is 2.45. The average molecular weight is 286 g/mol. The second-order valence-electron chi connectivity index (χ2n) is 5.41. The van der Waals surface area contributed by atoms with Gasteiger partial charge in [-0.2, -0.15) is 0 Å². The zero-order valence-electron chi connectivity index (χ0n) is 12.7. The van der Waals surface area contributed by atoms with Gasteiger partial charge in [-0.15, -0.1) is 0 Å². The van der Waals surface area contributed by atoms with Gasteiger partial charge in [-0.25, -0.2) is 0 Å². The molecule has 1 aromatic carbocycles. The van der Waals surface area contributed by atoms with Gasteiger partial charge in [0, 0.05) is 24.8 Å². The largest absolute Gasteiger partial charge is 0.376 e. The van der Waals surface area contributed by atoms with Crippen LogP contribution in [0.15, 0.2) is 18.2 Å². The Bertz CT molecular complexity index is 575. The summed E-state index contributed by atoms with van der Waals surface area (Å²) in [5, 5.41) is 2.98. The summed E-state index contributed by atoms with van der Waals surface area (Å²) < 4.78 is 5.52. The lowest BCUT2D eigenvalue weighted by molar-refractivity contribution is -0.0679. The minimum atomic E-state index is -0.166. The van der Waals surface area contributed by atoms with Gasteiger partial charge < -0.3 is 15.8 Å². The van der Waals surface area contributed by atoms with E-state index in [1.807, 2.05) is 25.1 Å². The number of methoxy groups -OCH3 is 1. The van der Waals surface area contributed by atoms with Crippen molar-refractivity contribution in [2.24, 2.45) is 5.73 Å². The molecule has 0 saturated heterocycles. The van der Waals surface area contributed by atoms with Crippen LogP contribution in [-0.2, 0) is 4.74 Å². The van der Waals surface area contributed by atoms with E-state index in [9.17, 15) is 4.79 Å². The Morgan fingerprint density at radius 3 is 2.81 bits per heavy atom. The van der Waals surface area contributed by atoms with Crippen LogP contribution in [0.2, 0.25) is 0 Å². The first-order chi connectivity index (χ1) is 10.1. The van der Waals surface area contributed by atoms with Crippen LogP contribution in [0.1, 0.15) is 40.7 Å². The van der Waals surface area contributed by atoms with Crippen LogP contribution in [0, 0.1) is 18.8 Å². The van der Waals surface area contributed by atoms with Crippen molar-refractivity contribution in [3.63, 3.8) is 0 Å². The van der Waals surface area contributed by atoms with E-state index in [4.69, 9.17) is 10.5 Å². The molecule has 0 spiro atoms. The smallest absolute Gasteiger partial charge is 0.251 e. The zero-order valence-corrected chi connectivity index (χ0v) is 12.7. The normalized spacial score (nSPS) is 15.6. The highest BCUT2D eigenvalue weighted by Crippen LogP contribution is 2.34. The number of ether oxygens (including phenoxy) is 1. The minimum Gasteiger partial charge on any atom is -0.376 e. The molecule has 112 valence electrons. The number of hydrogen-bond acceptors (Lipinski definition) is 3. The molecule has 0 aliphatic heterocycles. The number of benzene rings is 1. The number of carbonyl (C=O) groups is 1. The van der Waals surface area contributed by atoms with E-state index < -0.39 is 0 Å². The predicted molar refractivity (Wildman–Crippen MR) is 83.0 cm³/mol. The highest BCUT2D eigenvalue weighted by Gasteiger charge is 2.37. The third-order valence-corrected chi connectivity index (χ3v) is 4.17. The van der Waals surface area contributed by atoms with Crippen LogP contribution in [-0.4, -0.2) is 31.7 Å². The predicted octanol–water partition coefficient (Wildman–Crippen LogP) is 1.60. The van der Waals surface area contributed by atoms with E-state index in [1.54, 1.807) is 7.11 Å². The third kappa shape index (κ3) is 3.44. The number of hydrogen-bond donors (Lipinski definition) is 2. The monoisotopic (exact) mass is 286 g/mol. The fourth-order valence-electron chi connectivity index (χ4n) is 2.52. The highest BCUT2D eigenvalue weighted by molar-refractivity contribution is 5.96. The van der Waals surface area contributed by atoms with Gasteiger partial charge in [-0.3, -0.25) is 4.79 Å². The molecule has 1 saturated carbocycles. The first-order valence-electron chi connectivity index (χ1n) is 7.24. The van der Waals surface area contributed by atoms with Gasteiger partial charge in [-0.1, -0.05) is 17.9 Å². The van der Waals surface area contributed by atoms with E-state index >= 15 is 0 Å². The van der Waals surface area contributed by atoms with Gasteiger partial charge in [0.05, 0.1) is 12.1 Å². The molecule has 0 heterocycles. The first kappa shape index (κ1) is 15.6. The summed E-state index contributed by atoms with van der Waals surface area (Å²) in [7, 11) is 1.71. The highest BCUT2D eigenvalue weighted by atomic mass is 16.5. The molecule has 1 fully saturated rings. The second-order valence-corrected chi connectivity index (χ2v) is 5.41. The molecule has 4 nitrogen and oxygen atoms in total. The molecule has 1 aliphatic rings. The third-order valence-electron chi connectivity index (χ3n) is 4.17. The number of rotatable bonds is 4. The van der Waals surface area contributed by atoms with Gasteiger partial charge in [-0.05, 0) is 43.9 Å². The van der Waals surface area contributed by atoms with Crippen LogP contribution in [0.3, 0.4) is 0 Å². The van der Waals surface area contributed by atoms with Gasteiger partial charge in [0.25, 0.3) is 5.91 Å². The number of nitrogens with two attached hydrogens (primary N) is 1. The summed E-state index contributed by atoms with van der Waals surface area (Å²) in [5.74, 6) is 5.74. The molecule has 2 rings (SSSR count). The van der Waals surface area contributed by atoms with E-state index in [1.165, 1.54) is 0 Å². The second kappa shape index (κ2) is 6.75. The van der Waals surface area contributed by atoms with Gasteiger partial charge in [0.1, 0.15) is 0 Å². The zero-order chi connectivity index (χ0) is 15.3. The molecule has 1 aliphatic carbocycles. The van der Waals surface area contributed by atoms with Crippen molar-refractivity contribution in [2.75, 3.05) is 20.2 Å². The first-order valence-corrected chi connectivity index (χ1v) is 7.24. The number of carbonyl (C=O) groups excluding carboxylic acids is 1. The SMILES string of the molecule is COC1(CNC(=O)c2cccc(C#CCN)c2C)CCC1. The number of nitrogens with one attached hydrogen (secondary N) is 1. The van der Waals surface area contributed by atoms with Crippen molar-refractivity contribution in [1.82, 2.24) is 5.32 Å². The fraction of sp³-hybridized carbons (Fsp3) is 0.471. The van der Waals surface area contributed by atoms with Crippen LogP contribution in [0.25, 0.3) is 0 Å². The van der Waals surface area contributed by atoms with E-state index in [0.29, 0.717) is 18.7 Å². The summed E-state index contributed by atoms with van der Waals surface area (Å²) in [5.41, 5.74) is 7.61. The van der Waals surface area contributed by atoms with Crippen LogP contribution in [0.4, 0.5) is 0 Å². The topological polar surface area (TPSA) is 64.3 Å². The van der Waals surface area contributed by atoms with Gasteiger partial charge in [0.2, 0.25) is 0 Å². The van der Waals surface area contributed by atoms with Crippen LogP contribution >= 0.6 is 0 Å². The minimum absolute atomic E-state index is 0.0766. The van der Waals surface area contributed by atoms with Crippen molar-refractivity contribution in [3.8, 4) is 11.8 Å². The van der Waals surface area contributed by atoms with Crippen LogP contribution in [0.5, 0.6) is 0 Å². The van der Waals surface area contributed by atoms with Gasteiger partial charge >= 0.3 is 0 Å². The Morgan fingerprint density at radius 2 is 2.24 bits per heavy atom. The molecular weight excluding hydrogens is 264 g/mol. The lowest BCUT2D eigenvalue weighted by atomic mass is 9.80. The van der Waals surface area contributed by atoms with E-state index in [2.05, 4.69) is 17.2 Å². The lowest BCUT2D eigenvalue weighted by Gasteiger charge is -2.40. The molecule has 1 amide bonds. The Balaban J connectivity index is 2.09. The maximum absolute atomic E-state index is 12.4. The van der Waals surface area contributed by atoms with Crippen molar-refractivity contribution in [2.45, 2.75) is 31.8 Å². The summed E-state index contributed by atoms with van der Waals surface area (Å²) in [6, 6.07) is 5.56. The molecular formula is C17H22N2O2. The molecule has 0 radical (unpaired) electrons. The lowest BCUT2D eigenvalue weighted by Crippen LogP contribution is -2.49. The van der Waals surface area contributed by atoms with Crippen molar-refractivity contribution < 1.29 is 9.53 Å². The molecule has 1 aromatic rings. The molecule has 0 aromatic heterocycles. The Labute approximate surface area is 126 Å². The Morgan fingerprint density at radius 1 is 1.48 bits per heavy atom. The molecule has 0 unspecified atom stereocenters. The molecule has 3 N–H and O–H groups in total. The van der Waals surface area contributed by atoms with Crippen LogP contribution < -0.4 is 11.1 Å². The van der Waals surface area contributed by atoms with Gasteiger partial charge in [0.15, 0.2) is 0 Å². The Hall–Kier alpha value is -1.83. The van der Waals surface area contributed by atoms with E-state index in [0.717, 1.165) is 30.4 Å². The quantitative estimate of drug-likeness (QED) is 0.826. The standard InChI is InChI=1S/C17H22N2O2/c1-13-14(7-4-11-18)6-3-8-15(13)16(20)19-12-17(21-2)9-5-10-17/h3,6,8H,5,9-12,18H2,1-2H3,(H,19,20). The summed E-state index contributed by atoms with van der Waals surface area (Å²) >= 11 is 0. The molecule has 0 bridgehead atoms. The summed E-state index contributed by atoms with van der Waals surface area (Å²) in [6.07, 6.45) is 3.17. The maximum atomic E-state index is 12.4. The Kier molecular flexibility index (Phi) is 5.00. The fourth-order valence-corrected chi connectivity index (χ4v) is 2.52. The van der Waals surface area contributed by atoms with Crippen molar-refractivity contribution in [3.05, 3.63) is 34.9 Å². The van der Waals surface area contributed by atoms with E-state index in [-0.39, 0.29) is 11.5 Å². The van der Waals surface area contributed by atoms with Crippen molar-refractivity contribution >= 4 is 5.91 Å². The maximum Gasteiger partial charge on any atom is 0.251 e. The molecule has 21 heavy (non-hydrogen) atoms. The molecule has 4 heteroatoms. The van der Waals surface area contributed by atoms with Crippen molar-refractivity contribution in [1.29, 1.82) is 0 Å². The number of amides is 1.